The predicted molar refractivity (Wildman–Crippen MR) is 95.7 cm³/mol. The molecule has 0 radical (unpaired) electrons. The first-order valence-corrected chi connectivity index (χ1v) is 8.59. The van der Waals surface area contributed by atoms with Gasteiger partial charge in [0.15, 0.2) is 0 Å². The summed E-state index contributed by atoms with van der Waals surface area (Å²) >= 11 is 0. The van der Waals surface area contributed by atoms with Crippen molar-refractivity contribution in [2.75, 3.05) is 0 Å². The molecule has 0 spiro atoms. The van der Waals surface area contributed by atoms with Gasteiger partial charge in [0.2, 0.25) is 0 Å². The number of benzene rings is 1. The second-order valence-electron chi connectivity index (χ2n) is 6.83. The van der Waals surface area contributed by atoms with Gasteiger partial charge in [-0.1, -0.05) is 58.0 Å². The number of alkyl carbamates (subject to hydrolysis) is 1. The summed E-state index contributed by atoms with van der Waals surface area (Å²) < 4.78 is 5.28. The molecule has 2 aromatic rings. The van der Waals surface area contributed by atoms with Crippen molar-refractivity contribution in [3.63, 3.8) is 0 Å². The van der Waals surface area contributed by atoms with E-state index in [4.69, 9.17) is 4.74 Å². The molecule has 136 valence electrons. The lowest BCUT2D eigenvalue weighted by Gasteiger charge is -2.20. The van der Waals surface area contributed by atoms with Gasteiger partial charge in [-0.05, 0) is 17.4 Å². The van der Waals surface area contributed by atoms with E-state index < -0.39 is 12.2 Å². The molecule has 6 nitrogen and oxygen atoms in total. The molecule has 0 saturated carbocycles. The first kappa shape index (κ1) is 19.0. The Bertz CT molecular complexity index is 668. The molecule has 1 aromatic carbocycles. The Labute approximate surface area is 148 Å². The average molecular weight is 345 g/mol. The molecule has 0 aliphatic heterocycles. The van der Waals surface area contributed by atoms with Crippen molar-refractivity contribution in [2.45, 2.75) is 46.4 Å². The van der Waals surface area contributed by atoms with E-state index in [2.05, 4.69) is 15.3 Å². The molecule has 1 unspecified atom stereocenters. The van der Waals surface area contributed by atoms with Crippen LogP contribution in [-0.2, 0) is 11.3 Å². The van der Waals surface area contributed by atoms with Gasteiger partial charge in [0.1, 0.15) is 12.4 Å². The molecule has 1 aromatic heterocycles. The van der Waals surface area contributed by atoms with Crippen LogP contribution >= 0.6 is 0 Å². The Balaban J connectivity index is 1.99. The monoisotopic (exact) mass is 345 g/mol. The van der Waals surface area contributed by atoms with Crippen molar-refractivity contribution < 1.29 is 14.6 Å². The number of nitrogens with zero attached hydrogens (tertiary/aromatic N) is 1. The fourth-order valence-electron chi connectivity index (χ4n) is 2.45. The van der Waals surface area contributed by atoms with Gasteiger partial charge in [-0.15, -0.1) is 0 Å². The van der Waals surface area contributed by atoms with E-state index in [0.29, 0.717) is 11.5 Å². The van der Waals surface area contributed by atoms with Crippen LogP contribution in [0.3, 0.4) is 0 Å². The van der Waals surface area contributed by atoms with E-state index in [-0.39, 0.29) is 24.5 Å². The minimum absolute atomic E-state index is 0.0671. The van der Waals surface area contributed by atoms with Crippen molar-refractivity contribution in [3.8, 4) is 0 Å². The van der Waals surface area contributed by atoms with Crippen molar-refractivity contribution in [1.82, 2.24) is 15.3 Å². The van der Waals surface area contributed by atoms with Gasteiger partial charge in [-0.3, -0.25) is 0 Å². The number of aromatic nitrogens is 2. The summed E-state index contributed by atoms with van der Waals surface area (Å²) in [6.07, 6.45) is 0.555. The fraction of sp³-hybridized carbons (Fsp3) is 0.474. The second-order valence-corrected chi connectivity index (χ2v) is 6.83. The molecule has 6 heteroatoms. The van der Waals surface area contributed by atoms with Crippen molar-refractivity contribution in [1.29, 1.82) is 0 Å². The second kappa shape index (κ2) is 8.67. The molecular formula is C19H27N3O3. The Hall–Kier alpha value is -2.34. The number of carbonyl (C=O) groups is 1. The highest BCUT2D eigenvalue weighted by Gasteiger charge is 2.24. The summed E-state index contributed by atoms with van der Waals surface area (Å²) in [7, 11) is 0. The normalized spacial score (nSPS) is 13.7. The third-order valence-electron chi connectivity index (χ3n) is 4.00. The lowest BCUT2D eigenvalue weighted by Crippen LogP contribution is -2.33. The Morgan fingerprint density at radius 1 is 1.20 bits per heavy atom. The smallest absolute Gasteiger partial charge is 0.408 e. The maximum absolute atomic E-state index is 12.1. The maximum atomic E-state index is 12.1. The topological polar surface area (TPSA) is 87.2 Å². The molecule has 0 bridgehead atoms. The van der Waals surface area contributed by atoms with Gasteiger partial charge in [0.05, 0.1) is 17.8 Å². The van der Waals surface area contributed by atoms with Gasteiger partial charge < -0.3 is 20.1 Å². The summed E-state index contributed by atoms with van der Waals surface area (Å²) in [4.78, 5) is 19.6. The number of aromatic amines is 1. The number of hydrogen-bond acceptors (Lipinski definition) is 4. The first-order valence-electron chi connectivity index (χ1n) is 8.59. The van der Waals surface area contributed by atoms with Crippen LogP contribution in [0.4, 0.5) is 4.79 Å². The van der Waals surface area contributed by atoms with E-state index in [1.54, 1.807) is 6.20 Å². The van der Waals surface area contributed by atoms with Crippen LogP contribution in [0.1, 0.15) is 56.9 Å². The molecule has 0 aliphatic rings. The molecule has 2 atom stereocenters. The number of H-pyrrole nitrogens is 1. The standard InChI is InChI=1S/C19H27N3O3/c1-12(2)16(18-20-10-15(21-18)17(23)13(3)4)22-19(24)25-11-14-8-6-5-7-9-14/h5-10,12-13,16-17,23H,11H2,1-4H3,(H,20,21)(H,22,24)/t16-,17?/m0/s1. The molecule has 0 fully saturated rings. The zero-order valence-corrected chi connectivity index (χ0v) is 15.2. The van der Waals surface area contributed by atoms with E-state index >= 15 is 0 Å². The van der Waals surface area contributed by atoms with Crippen molar-refractivity contribution >= 4 is 6.09 Å². The molecule has 0 saturated heterocycles. The fourth-order valence-corrected chi connectivity index (χ4v) is 2.45. The number of rotatable bonds is 7. The summed E-state index contributed by atoms with van der Waals surface area (Å²) in [5.74, 6) is 0.790. The highest BCUT2D eigenvalue weighted by molar-refractivity contribution is 5.67. The minimum Gasteiger partial charge on any atom is -0.445 e. The van der Waals surface area contributed by atoms with E-state index in [1.165, 1.54) is 0 Å². The SMILES string of the molecule is CC(C)C(O)c1c[nH]c([C@@H](NC(=O)OCc2ccccc2)C(C)C)n1. The molecule has 1 heterocycles. The molecule has 3 N–H and O–H groups in total. The van der Waals surface area contributed by atoms with Crippen LogP contribution in [0.25, 0.3) is 0 Å². The van der Waals surface area contributed by atoms with Crippen molar-refractivity contribution in [3.05, 3.63) is 53.6 Å². The molecule has 25 heavy (non-hydrogen) atoms. The number of amides is 1. The Morgan fingerprint density at radius 2 is 1.88 bits per heavy atom. The van der Waals surface area contributed by atoms with Crippen LogP contribution in [-0.4, -0.2) is 21.2 Å². The molecule has 1 amide bonds. The number of aliphatic hydroxyl groups is 1. The summed E-state index contributed by atoms with van der Waals surface area (Å²) in [6, 6.07) is 9.20. The quantitative estimate of drug-likeness (QED) is 0.714. The van der Waals surface area contributed by atoms with Crippen molar-refractivity contribution in [2.24, 2.45) is 11.8 Å². The van der Waals surface area contributed by atoms with Gasteiger partial charge in [0, 0.05) is 6.20 Å². The number of imidazole rings is 1. The zero-order valence-electron chi connectivity index (χ0n) is 15.2. The minimum atomic E-state index is -0.636. The van der Waals surface area contributed by atoms with Crippen LogP contribution in [0.2, 0.25) is 0 Å². The number of aliphatic hydroxyl groups excluding tert-OH is 1. The number of hydrogen-bond donors (Lipinski definition) is 3. The molecule has 0 aliphatic carbocycles. The third kappa shape index (κ3) is 5.32. The van der Waals surface area contributed by atoms with Crippen LogP contribution < -0.4 is 5.32 Å². The predicted octanol–water partition coefficient (Wildman–Crippen LogP) is 3.72. The number of nitrogens with one attached hydrogen (secondary N) is 2. The Morgan fingerprint density at radius 3 is 2.48 bits per heavy atom. The first-order chi connectivity index (χ1) is 11.9. The summed E-state index contributed by atoms with van der Waals surface area (Å²) in [5, 5.41) is 13.0. The Kier molecular flexibility index (Phi) is 6.58. The van der Waals surface area contributed by atoms with Crippen LogP contribution in [0.15, 0.2) is 36.5 Å². The largest absolute Gasteiger partial charge is 0.445 e. The summed E-state index contributed by atoms with van der Waals surface area (Å²) in [6.45, 7) is 8.05. The lowest BCUT2D eigenvalue weighted by molar-refractivity contribution is 0.122. The van der Waals surface area contributed by atoms with E-state index in [0.717, 1.165) is 5.56 Å². The molecular weight excluding hydrogens is 318 g/mol. The van der Waals surface area contributed by atoms with Gasteiger partial charge >= 0.3 is 6.09 Å². The average Bonchev–Trinajstić information content (AvgIpc) is 3.07. The number of carbonyl (C=O) groups excluding carboxylic acids is 1. The number of ether oxygens (including phenoxy) is 1. The van der Waals surface area contributed by atoms with Crippen LogP contribution in [0.5, 0.6) is 0 Å². The third-order valence-corrected chi connectivity index (χ3v) is 4.00. The van der Waals surface area contributed by atoms with Gasteiger partial charge in [-0.25, -0.2) is 9.78 Å². The molecule has 2 rings (SSSR count). The maximum Gasteiger partial charge on any atom is 0.408 e. The highest BCUT2D eigenvalue weighted by atomic mass is 16.5. The zero-order chi connectivity index (χ0) is 18.4. The lowest BCUT2D eigenvalue weighted by atomic mass is 10.0. The van der Waals surface area contributed by atoms with E-state index in [9.17, 15) is 9.90 Å². The van der Waals surface area contributed by atoms with E-state index in [1.807, 2.05) is 58.0 Å². The van der Waals surface area contributed by atoms with Gasteiger partial charge in [0.25, 0.3) is 0 Å². The summed E-state index contributed by atoms with van der Waals surface area (Å²) in [5.41, 5.74) is 1.51. The highest BCUT2D eigenvalue weighted by Crippen LogP contribution is 2.24. The van der Waals surface area contributed by atoms with Gasteiger partial charge in [-0.2, -0.15) is 0 Å². The van der Waals surface area contributed by atoms with Crippen LogP contribution in [0, 0.1) is 11.8 Å².